The minimum absolute atomic E-state index is 0.0441. The number of hydrogen-bond donors (Lipinski definition) is 1. The third-order valence-electron chi connectivity index (χ3n) is 5.04. The van der Waals surface area contributed by atoms with Gasteiger partial charge in [-0.25, -0.2) is 9.97 Å². The lowest BCUT2D eigenvalue weighted by atomic mass is 9.99. The fourth-order valence-corrected chi connectivity index (χ4v) is 3.42. The van der Waals surface area contributed by atoms with Crippen LogP contribution in [-0.4, -0.2) is 49.8 Å². The molecule has 1 fully saturated rings. The zero-order valence-corrected chi connectivity index (χ0v) is 15.8. The van der Waals surface area contributed by atoms with E-state index in [0.717, 1.165) is 17.2 Å². The van der Waals surface area contributed by atoms with Crippen molar-refractivity contribution >= 4 is 11.8 Å². The number of aromatic nitrogens is 4. The number of carbonyl (C=O) groups is 2. The molecule has 8 heteroatoms. The number of aryl methyl sites for hydroxylation is 4. The summed E-state index contributed by atoms with van der Waals surface area (Å²) in [5, 5.41) is 2.92. The summed E-state index contributed by atoms with van der Waals surface area (Å²) in [7, 11) is 3.69. The lowest BCUT2D eigenvalue weighted by molar-refractivity contribution is -0.127. The molecule has 0 aromatic carbocycles. The topological polar surface area (TPSA) is 93.0 Å². The first kappa shape index (κ1) is 18.0. The van der Waals surface area contributed by atoms with Crippen LogP contribution >= 0.6 is 0 Å². The molecular formula is C18H24N6O2. The van der Waals surface area contributed by atoms with Gasteiger partial charge in [0.05, 0.1) is 23.1 Å². The monoisotopic (exact) mass is 356 g/mol. The average Bonchev–Trinajstić information content (AvgIpc) is 3.12. The second kappa shape index (κ2) is 6.86. The highest BCUT2D eigenvalue weighted by atomic mass is 16.2. The number of nitrogens with zero attached hydrogens (tertiary/aromatic N) is 5. The summed E-state index contributed by atoms with van der Waals surface area (Å²) < 4.78 is 1.91. The van der Waals surface area contributed by atoms with Crippen LogP contribution in [0, 0.1) is 26.7 Å². The van der Waals surface area contributed by atoms with Gasteiger partial charge in [-0.05, 0) is 20.8 Å². The van der Waals surface area contributed by atoms with Crippen LogP contribution < -0.4 is 5.32 Å². The molecule has 26 heavy (non-hydrogen) atoms. The lowest BCUT2D eigenvalue weighted by Crippen LogP contribution is -2.34. The zero-order valence-electron chi connectivity index (χ0n) is 15.8. The molecular weight excluding hydrogens is 332 g/mol. The largest absolute Gasteiger partial charge is 0.350 e. The van der Waals surface area contributed by atoms with E-state index < -0.39 is 0 Å². The molecule has 3 rings (SSSR count). The van der Waals surface area contributed by atoms with Gasteiger partial charge in [0.1, 0.15) is 11.5 Å². The van der Waals surface area contributed by atoms with Gasteiger partial charge in [-0.1, -0.05) is 0 Å². The van der Waals surface area contributed by atoms with E-state index in [4.69, 9.17) is 0 Å². The van der Waals surface area contributed by atoms with Gasteiger partial charge in [-0.3, -0.25) is 14.6 Å². The number of amides is 2. The Balaban J connectivity index is 1.76. The second-order valence-electron chi connectivity index (χ2n) is 6.85. The van der Waals surface area contributed by atoms with E-state index in [1.54, 1.807) is 25.1 Å². The minimum atomic E-state index is -0.265. The van der Waals surface area contributed by atoms with E-state index in [-0.39, 0.29) is 23.8 Å². The zero-order chi connectivity index (χ0) is 19.0. The lowest BCUT2D eigenvalue weighted by Gasteiger charge is -2.24. The second-order valence-corrected chi connectivity index (χ2v) is 6.85. The molecule has 3 heterocycles. The van der Waals surface area contributed by atoms with Crippen LogP contribution in [0.3, 0.4) is 0 Å². The van der Waals surface area contributed by atoms with Crippen LogP contribution in [-0.2, 0) is 11.8 Å². The van der Waals surface area contributed by atoms with E-state index in [1.165, 1.54) is 0 Å². The molecule has 0 radical (unpaired) electrons. The SMILES string of the molecule is Cc1nc(C)c(C(=O)NC[C@@H]2CC(=O)N(C)[C@H]2c2nccn2C)nc1C. The van der Waals surface area contributed by atoms with Crippen molar-refractivity contribution in [3.05, 3.63) is 41.0 Å². The van der Waals surface area contributed by atoms with Crippen molar-refractivity contribution in [3.8, 4) is 0 Å². The van der Waals surface area contributed by atoms with Crippen LogP contribution in [0.25, 0.3) is 0 Å². The van der Waals surface area contributed by atoms with E-state index in [1.807, 2.05) is 31.7 Å². The minimum Gasteiger partial charge on any atom is -0.350 e. The fourth-order valence-electron chi connectivity index (χ4n) is 3.42. The molecule has 2 atom stereocenters. The molecule has 1 aliphatic heterocycles. The quantitative estimate of drug-likeness (QED) is 0.885. The van der Waals surface area contributed by atoms with Crippen molar-refractivity contribution in [1.82, 2.24) is 29.7 Å². The summed E-state index contributed by atoms with van der Waals surface area (Å²) >= 11 is 0. The van der Waals surface area contributed by atoms with Crippen LogP contribution in [0.1, 0.15) is 45.9 Å². The molecule has 1 saturated heterocycles. The van der Waals surface area contributed by atoms with Gasteiger partial charge in [0, 0.05) is 45.4 Å². The van der Waals surface area contributed by atoms with E-state index in [0.29, 0.717) is 24.4 Å². The summed E-state index contributed by atoms with van der Waals surface area (Å²) in [5.41, 5.74) is 2.49. The average molecular weight is 356 g/mol. The third kappa shape index (κ3) is 3.18. The molecule has 0 saturated carbocycles. The van der Waals surface area contributed by atoms with Crippen LogP contribution in [0.15, 0.2) is 12.4 Å². The van der Waals surface area contributed by atoms with Crippen molar-refractivity contribution in [2.45, 2.75) is 33.2 Å². The maximum absolute atomic E-state index is 12.6. The van der Waals surface area contributed by atoms with Gasteiger partial charge >= 0.3 is 0 Å². The van der Waals surface area contributed by atoms with Crippen LogP contribution in [0.2, 0.25) is 0 Å². The Labute approximate surface area is 152 Å². The normalized spacial score (nSPS) is 19.9. The van der Waals surface area contributed by atoms with Gasteiger partial charge < -0.3 is 14.8 Å². The van der Waals surface area contributed by atoms with Crippen molar-refractivity contribution in [2.75, 3.05) is 13.6 Å². The number of rotatable bonds is 4. The number of imidazole rings is 1. The molecule has 1 N–H and O–H groups in total. The van der Waals surface area contributed by atoms with Gasteiger partial charge in [-0.2, -0.15) is 0 Å². The maximum atomic E-state index is 12.6. The predicted molar refractivity (Wildman–Crippen MR) is 95.4 cm³/mol. The Morgan fingerprint density at radius 3 is 2.54 bits per heavy atom. The highest BCUT2D eigenvalue weighted by Gasteiger charge is 2.40. The standard InChI is InChI=1S/C18H24N6O2/c1-10-11(2)22-15(12(3)21-10)18(26)20-9-13-8-14(25)24(5)16(13)17-19-6-7-23(17)4/h6-7,13,16H,8-9H2,1-5H3,(H,20,26)/t13-,16+/m0/s1. The molecule has 2 amide bonds. The Bertz CT molecular complexity index is 859. The van der Waals surface area contributed by atoms with E-state index in [2.05, 4.69) is 20.3 Å². The first-order valence-corrected chi connectivity index (χ1v) is 8.62. The van der Waals surface area contributed by atoms with Gasteiger partial charge in [0.15, 0.2) is 0 Å². The smallest absolute Gasteiger partial charge is 0.271 e. The molecule has 2 aromatic rings. The molecule has 0 spiro atoms. The van der Waals surface area contributed by atoms with Crippen LogP contribution in [0.5, 0.6) is 0 Å². The molecule has 1 aliphatic rings. The third-order valence-corrected chi connectivity index (χ3v) is 5.04. The molecule has 0 aliphatic carbocycles. The van der Waals surface area contributed by atoms with Crippen molar-refractivity contribution < 1.29 is 9.59 Å². The van der Waals surface area contributed by atoms with Crippen molar-refractivity contribution in [2.24, 2.45) is 13.0 Å². The molecule has 0 unspecified atom stereocenters. The molecule has 8 nitrogen and oxygen atoms in total. The Morgan fingerprint density at radius 2 is 1.88 bits per heavy atom. The van der Waals surface area contributed by atoms with Crippen molar-refractivity contribution in [3.63, 3.8) is 0 Å². The summed E-state index contributed by atoms with van der Waals surface area (Å²) in [5.74, 6) is 0.565. The van der Waals surface area contributed by atoms with E-state index in [9.17, 15) is 9.59 Å². The number of carbonyl (C=O) groups excluding carboxylic acids is 2. The highest BCUT2D eigenvalue weighted by Crippen LogP contribution is 2.35. The number of hydrogen-bond acceptors (Lipinski definition) is 5. The Morgan fingerprint density at radius 1 is 1.19 bits per heavy atom. The highest BCUT2D eigenvalue weighted by molar-refractivity contribution is 5.93. The maximum Gasteiger partial charge on any atom is 0.271 e. The summed E-state index contributed by atoms with van der Waals surface area (Å²) in [6.07, 6.45) is 3.96. The van der Waals surface area contributed by atoms with E-state index >= 15 is 0 Å². The molecule has 0 bridgehead atoms. The Hall–Kier alpha value is -2.77. The molecule has 2 aromatic heterocycles. The van der Waals surface area contributed by atoms with Gasteiger partial charge in [0.2, 0.25) is 5.91 Å². The first-order chi connectivity index (χ1) is 12.3. The predicted octanol–water partition coefficient (Wildman–Crippen LogP) is 1.08. The van der Waals surface area contributed by atoms with Gasteiger partial charge in [-0.15, -0.1) is 0 Å². The number of nitrogens with one attached hydrogen (secondary N) is 1. The first-order valence-electron chi connectivity index (χ1n) is 8.62. The summed E-state index contributed by atoms with van der Waals surface area (Å²) in [4.78, 5) is 39.6. The van der Waals surface area contributed by atoms with Crippen molar-refractivity contribution in [1.29, 1.82) is 0 Å². The number of likely N-dealkylation sites (tertiary alicyclic amines) is 1. The van der Waals surface area contributed by atoms with Gasteiger partial charge in [0.25, 0.3) is 5.91 Å². The Kier molecular flexibility index (Phi) is 4.76. The molecule has 138 valence electrons. The van der Waals surface area contributed by atoms with Crippen LogP contribution in [0.4, 0.5) is 0 Å². The summed E-state index contributed by atoms with van der Waals surface area (Å²) in [6.45, 7) is 5.85. The summed E-state index contributed by atoms with van der Waals surface area (Å²) in [6, 6.07) is -0.158. The fraction of sp³-hybridized carbons (Fsp3) is 0.500.